The number of H-pyrrole nitrogens is 1. The number of esters is 2. The highest BCUT2D eigenvalue weighted by atomic mass is 16.5. The van der Waals surface area contributed by atoms with Crippen molar-refractivity contribution in [1.82, 2.24) is 19.6 Å². The van der Waals surface area contributed by atoms with Crippen LogP contribution in [0.4, 0.5) is 5.95 Å². The molecule has 0 bridgehead atoms. The Bertz CT molecular complexity index is 898. The number of ether oxygens (including phenoxy) is 2. The summed E-state index contributed by atoms with van der Waals surface area (Å²) >= 11 is 0. The first-order valence-corrected chi connectivity index (χ1v) is 7.57. The first-order chi connectivity index (χ1) is 11.6. The van der Waals surface area contributed by atoms with Gasteiger partial charge in [-0.1, -0.05) is 0 Å². The summed E-state index contributed by atoms with van der Waals surface area (Å²) in [5.74, 6) is 0.0792. The van der Waals surface area contributed by atoms with E-state index in [1.54, 1.807) is 36.6 Å². The highest BCUT2D eigenvalue weighted by Crippen LogP contribution is 2.18. The van der Waals surface area contributed by atoms with Crippen LogP contribution in [0, 0.1) is 0 Å². The molecule has 9 nitrogen and oxygen atoms in total. The Kier molecular flexibility index (Phi) is 4.32. The smallest absolute Gasteiger partial charge is 0.338 e. The van der Waals surface area contributed by atoms with E-state index in [9.17, 15) is 9.59 Å². The fourth-order valence-electron chi connectivity index (χ4n) is 2.27. The Labute approximate surface area is 137 Å². The third-order valence-corrected chi connectivity index (χ3v) is 3.28. The number of hydrogen-bond acceptors (Lipinski definition) is 7. The van der Waals surface area contributed by atoms with Crippen LogP contribution in [0.3, 0.4) is 0 Å². The van der Waals surface area contributed by atoms with Gasteiger partial charge < -0.3 is 14.8 Å². The van der Waals surface area contributed by atoms with E-state index in [0.29, 0.717) is 36.0 Å². The molecular formula is C15H17N5O4. The van der Waals surface area contributed by atoms with Crippen LogP contribution in [0.5, 0.6) is 0 Å². The van der Waals surface area contributed by atoms with E-state index >= 15 is 0 Å². The predicted octanol–water partition coefficient (Wildman–Crippen LogP) is 1.36. The van der Waals surface area contributed by atoms with Crippen LogP contribution in [0.25, 0.3) is 16.8 Å². The second kappa shape index (κ2) is 6.57. The van der Waals surface area contributed by atoms with E-state index in [1.807, 2.05) is 0 Å². The molecule has 2 aromatic heterocycles. The minimum Gasteiger partial charge on any atom is -0.465 e. The number of hydrogen-bond donors (Lipinski definition) is 2. The summed E-state index contributed by atoms with van der Waals surface area (Å²) in [7, 11) is 0. The van der Waals surface area contributed by atoms with E-state index < -0.39 is 0 Å². The second-order valence-electron chi connectivity index (χ2n) is 4.90. The maximum Gasteiger partial charge on any atom is 0.338 e. The molecule has 0 saturated heterocycles. The van der Waals surface area contributed by atoms with Gasteiger partial charge in [0.15, 0.2) is 0 Å². The number of anilines is 1. The zero-order valence-electron chi connectivity index (χ0n) is 13.3. The Morgan fingerprint density at radius 2 is 2.00 bits per heavy atom. The molecule has 0 radical (unpaired) electrons. The molecule has 0 aliphatic rings. The Morgan fingerprint density at radius 1 is 1.21 bits per heavy atom. The molecule has 1 aromatic carbocycles. The number of aromatic amines is 1. The molecule has 2 N–H and O–H groups in total. The van der Waals surface area contributed by atoms with Gasteiger partial charge in [0, 0.05) is 0 Å². The van der Waals surface area contributed by atoms with Gasteiger partial charge in [0.05, 0.1) is 29.8 Å². The van der Waals surface area contributed by atoms with Gasteiger partial charge in [-0.05, 0) is 32.0 Å². The topological polar surface area (TPSA) is 111 Å². The van der Waals surface area contributed by atoms with Crippen molar-refractivity contribution in [1.29, 1.82) is 0 Å². The largest absolute Gasteiger partial charge is 0.465 e. The van der Waals surface area contributed by atoms with Crippen molar-refractivity contribution in [3.63, 3.8) is 0 Å². The number of imidazole rings is 1. The lowest BCUT2D eigenvalue weighted by Crippen LogP contribution is -2.17. The fraction of sp³-hybridized carbons (Fsp3) is 0.333. The average Bonchev–Trinajstić information content (AvgIpc) is 3.10. The summed E-state index contributed by atoms with van der Waals surface area (Å²) in [6, 6.07) is 5.08. The normalized spacial score (nSPS) is 10.9. The van der Waals surface area contributed by atoms with Gasteiger partial charge in [-0.2, -0.15) is 4.98 Å². The molecule has 126 valence electrons. The SMILES string of the molecule is CCOC(=O)CNc1nc2nc3cc(C(=O)OCC)ccc3n2[nH]1. The summed E-state index contributed by atoms with van der Waals surface area (Å²) in [6.07, 6.45) is 0. The molecule has 0 unspecified atom stereocenters. The molecule has 0 aliphatic carbocycles. The van der Waals surface area contributed by atoms with Gasteiger partial charge in [-0.25, -0.2) is 14.3 Å². The summed E-state index contributed by atoms with van der Waals surface area (Å²) in [6.45, 7) is 4.16. The molecule has 0 spiro atoms. The first-order valence-electron chi connectivity index (χ1n) is 7.57. The van der Waals surface area contributed by atoms with Crippen molar-refractivity contribution in [3.05, 3.63) is 23.8 Å². The Balaban J connectivity index is 1.84. The van der Waals surface area contributed by atoms with Crippen LogP contribution in [0.15, 0.2) is 18.2 Å². The molecule has 0 amide bonds. The van der Waals surface area contributed by atoms with Crippen molar-refractivity contribution in [2.45, 2.75) is 13.8 Å². The van der Waals surface area contributed by atoms with Gasteiger partial charge in [0.1, 0.15) is 6.54 Å². The van der Waals surface area contributed by atoms with E-state index in [2.05, 4.69) is 20.4 Å². The predicted molar refractivity (Wildman–Crippen MR) is 85.9 cm³/mol. The van der Waals surface area contributed by atoms with E-state index in [-0.39, 0.29) is 18.5 Å². The molecule has 0 atom stereocenters. The summed E-state index contributed by atoms with van der Waals surface area (Å²) in [5.41, 5.74) is 1.82. The first kappa shape index (κ1) is 15.8. The average molecular weight is 331 g/mol. The number of benzene rings is 1. The number of fused-ring (bicyclic) bond motifs is 3. The molecule has 3 aromatic rings. The molecule has 0 fully saturated rings. The lowest BCUT2D eigenvalue weighted by atomic mass is 10.2. The van der Waals surface area contributed by atoms with Gasteiger partial charge in [0.2, 0.25) is 5.95 Å². The summed E-state index contributed by atoms with van der Waals surface area (Å²) in [4.78, 5) is 31.7. The molecule has 3 rings (SSSR count). The van der Waals surface area contributed by atoms with Gasteiger partial charge in [-0.3, -0.25) is 9.89 Å². The van der Waals surface area contributed by atoms with E-state index in [4.69, 9.17) is 9.47 Å². The lowest BCUT2D eigenvalue weighted by molar-refractivity contribution is -0.140. The fourth-order valence-corrected chi connectivity index (χ4v) is 2.27. The van der Waals surface area contributed by atoms with Crippen molar-refractivity contribution in [2.24, 2.45) is 0 Å². The Hall–Kier alpha value is -3.10. The van der Waals surface area contributed by atoms with Crippen molar-refractivity contribution >= 4 is 34.7 Å². The number of carbonyl (C=O) groups excluding carboxylic acids is 2. The van der Waals surface area contributed by atoms with Gasteiger partial charge >= 0.3 is 11.9 Å². The minimum absolute atomic E-state index is 0.00937. The highest BCUT2D eigenvalue weighted by Gasteiger charge is 2.13. The summed E-state index contributed by atoms with van der Waals surface area (Å²) < 4.78 is 11.5. The number of nitrogens with one attached hydrogen (secondary N) is 2. The van der Waals surface area contributed by atoms with E-state index in [1.165, 1.54) is 0 Å². The molecule has 0 saturated carbocycles. The third-order valence-electron chi connectivity index (χ3n) is 3.28. The minimum atomic E-state index is -0.388. The number of aromatic nitrogens is 4. The van der Waals surface area contributed by atoms with Crippen molar-refractivity contribution in [2.75, 3.05) is 25.1 Å². The van der Waals surface area contributed by atoms with Gasteiger partial charge in [-0.15, -0.1) is 0 Å². The number of rotatable bonds is 6. The molecular weight excluding hydrogens is 314 g/mol. The third kappa shape index (κ3) is 3.00. The molecule has 24 heavy (non-hydrogen) atoms. The number of nitrogens with zero attached hydrogens (tertiary/aromatic N) is 3. The Morgan fingerprint density at radius 3 is 2.75 bits per heavy atom. The van der Waals surface area contributed by atoms with Crippen molar-refractivity contribution in [3.8, 4) is 0 Å². The zero-order valence-corrected chi connectivity index (χ0v) is 13.3. The van der Waals surface area contributed by atoms with Crippen LogP contribution in [-0.4, -0.2) is 51.3 Å². The summed E-state index contributed by atoms with van der Waals surface area (Å²) in [5, 5.41) is 5.84. The van der Waals surface area contributed by atoms with Crippen LogP contribution in [0.1, 0.15) is 24.2 Å². The van der Waals surface area contributed by atoms with Gasteiger partial charge in [0.25, 0.3) is 5.78 Å². The highest BCUT2D eigenvalue weighted by molar-refractivity contribution is 5.94. The quantitative estimate of drug-likeness (QED) is 0.656. The molecule has 2 heterocycles. The molecule has 0 aliphatic heterocycles. The maximum absolute atomic E-state index is 11.8. The molecule has 9 heteroatoms. The monoisotopic (exact) mass is 331 g/mol. The standard InChI is InChI=1S/C15H17N5O4/c1-3-23-12(21)8-16-14-18-15-17-10-7-9(13(22)24-4-2)5-6-11(10)20(15)19-14/h5-7H,3-4,8H2,1-2H3,(H2,16,17,18,19). The van der Waals surface area contributed by atoms with Crippen LogP contribution >= 0.6 is 0 Å². The van der Waals surface area contributed by atoms with Crippen LogP contribution in [-0.2, 0) is 14.3 Å². The lowest BCUT2D eigenvalue weighted by Gasteiger charge is -2.02. The second-order valence-corrected chi connectivity index (χ2v) is 4.90. The number of carbonyl (C=O) groups is 2. The maximum atomic E-state index is 11.8. The van der Waals surface area contributed by atoms with E-state index in [0.717, 1.165) is 5.52 Å². The zero-order chi connectivity index (χ0) is 17.1. The van der Waals surface area contributed by atoms with Crippen LogP contribution in [0.2, 0.25) is 0 Å². The van der Waals surface area contributed by atoms with Crippen LogP contribution < -0.4 is 5.32 Å². The van der Waals surface area contributed by atoms with Crippen molar-refractivity contribution < 1.29 is 19.1 Å².